The quantitative estimate of drug-likeness (QED) is 0.824. The summed E-state index contributed by atoms with van der Waals surface area (Å²) in [6.45, 7) is 4.15. The molecule has 1 N–H and O–H groups in total. The van der Waals surface area contributed by atoms with Crippen LogP contribution < -0.4 is 5.32 Å². The lowest BCUT2D eigenvalue weighted by molar-refractivity contribution is 0.423. The second-order valence-corrected chi connectivity index (χ2v) is 5.20. The second kappa shape index (κ2) is 3.65. The van der Waals surface area contributed by atoms with Crippen molar-refractivity contribution in [3.8, 4) is 0 Å². The number of aromatic nitrogens is 3. The predicted molar refractivity (Wildman–Crippen MR) is 68.4 cm³/mol. The highest BCUT2D eigenvalue weighted by Crippen LogP contribution is 2.39. The van der Waals surface area contributed by atoms with Crippen LogP contribution in [0, 0.1) is 0 Å². The van der Waals surface area contributed by atoms with Gasteiger partial charge >= 0.3 is 0 Å². The average molecular weight is 240 g/mol. The number of benzene rings is 1. The maximum atomic E-state index is 4.44. The molecule has 2 aliphatic rings. The highest BCUT2D eigenvalue weighted by atomic mass is 15.3. The number of hydrogen-bond donors (Lipinski definition) is 1. The third-order valence-corrected chi connectivity index (χ3v) is 4.15. The zero-order chi connectivity index (χ0) is 12.1. The fraction of sp³-hybridized carbons (Fsp3) is 0.429. The van der Waals surface area contributed by atoms with Crippen molar-refractivity contribution in [3.05, 3.63) is 47.0 Å². The molecule has 2 atom stereocenters. The van der Waals surface area contributed by atoms with E-state index in [0.717, 1.165) is 31.2 Å². The lowest BCUT2D eigenvalue weighted by Crippen LogP contribution is -2.34. The summed E-state index contributed by atoms with van der Waals surface area (Å²) in [4.78, 5) is 0. The Labute approximate surface area is 106 Å². The number of fused-ring (bicyclic) bond motifs is 2. The Hall–Kier alpha value is -1.68. The minimum absolute atomic E-state index is 0.315. The SMILES string of the molecule is CC1NCCn2c1nnc2C1Cc2ccccc21. The molecule has 2 unspecified atom stereocenters. The Morgan fingerprint density at radius 2 is 2.06 bits per heavy atom. The van der Waals surface area contributed by atoms with E-state index in [0.29, 0.717) is 12.0 Å². The number of hydrogen-bond acceptors (Lipinski definition) is 3. The van der Waals surface area contributed by atoms with Gasteiger partial charge in [-0.1, -0.05) is 24.3 Å². The van der Waals surface area contributed by atoms with Crippen LogP contribution in [0.2, 0.25) is 0 Å². The lowest BCUT2D eigenvalue weighted by atomic mass is 9.77. The lowest BCUT2D eigenvalue weighted by Gasteiger charge is -2.31. The van der Waals surface area contributed by atoms with Crippen LogP contribution >= 0.6 is 0 Å². The van der Waals surface area contributed by atoms with Gasteiger partial charge in [-0.2, -0.15) is 0 Å². The topological polar surface area (TPSA) is 42.7 Å². The van der Waals surface area contributed by atoms with E-state index in [1.54, 1.807) is 0 Å². The van der Waals surface area contributed by atoms with E-state index in [1.165, 1.54) is 11.1 Å². The van der Waals surface area contributed by atoms with Gasteiger partial charge < -0.3 is 9.88 Å². The maximum Gasteiger partial charge on any atom is 0.149 e. The monoisotopic (exact) mass is 240 g/mol. The third-order valence-electron chi connectivity index (χ3n) is 4.15. The molecular formula is C14H16N4. The van der Waals surface area contributed by atoms with E-state index in [4.69, 9.17) is 0 Å². The van der Waals surface area contributed by atoms with Crippen molar-refractivity contribution < 1.29 is 0 Å². The first-order valence-electron chi connectivity index (χ1n) is 6.59. The molecule has 1 aliphatic heterocycles. The van der Waals surface area contributed by atoms with Gasteiger partial charge in [0.1, 0.15) is 11.6 Å². The Kier molecular flexibility index (Phi) is 2.08. The summed E-state index contributed by atoms with van der Waals surface area (Å²) in [7, 11) is 0. The molecular weight excluding hydrogens is 224 g/mol. The average Bonchev–Trinajstić information content (AvgIpc) is 2.76. The van der Waals surface area contributed by atoms with E-state index < -0.39 is 0 Å². The molecule has 18 heavy (non-hydrogen) atoms. The van der Waals surface area contributed by atoms with Crippen molar-refractivity contribution in [2.45, 2.75) is 31.8 Å². The van der Waals surface area contributed by atoms with Crippen LogP contribution in [0.1, 0.15) is 41.7 Å². The standard InChI is InChI=1S/C14H16N4/c1-9-13-16-17-14(18(13)7-6-15-9)12-8-10-4-2-3-5-11(10)12/h2-5,9,12,15H,6-8H2,1H3. The number of rotatable bonds is 1. The van der Waals surface area contributed by atoms with Gasteiger partial charge in [-0.3, -0.25) is 0 Å². The van der Waals surface area contributed by atoms with Gasteiger partial charge in [0.05, 0.1) is 6.04 Å². The first-order valence-corrected chi connectivity index (χ1v) is 6.59. The molecule has 2 aromatic rings. The Bertz CT molecular complexity index is 602. The van der Waals surface area contributed by atoms with E-state index in [2.05, 4.69) is 51.3 Å². The predicted octanol–water partition coefficient (Wildman–Crippen LogP) is 1.63. The molecule has 4 rings (SSSR count). The minimum Gasteiger partial charge on any atom is -0.312 e. The summed E-state index contributed by atoms with van der Waals surface area (Å²) in [6.07, 6.45) is 1.11. The van der Waals surface area contributed by atoms with Crippen molar-refractivity contribution in [2.75, 3.05) is 6.54 Å². The summed E-state index contributed by atoms with van der Waals surface area (Å²) < 4.78 is 2.31. The molecule has 0 bridgehead atoms. The number of nitrogens with one attached hydrogen (secondary N) is 1. The van der Waals surface area contributed by atoms with E-state index in [-0.39, 0.29) is 0 Å². The van der Waals surface area contributed by atoms with Crippen LogP contribution in [0.4, 0.5) is 0 Å². The highest BCUT2D eigenvalue weighted by molar-refractivity contribution is 5.44. The molecule has 0 fully saturated rings. The van der Waals surface area contributed by atoms with Gasteiger partial charge in [-0.05, 0) is 24.5 Å². The van der Waals surface area contributed by atoms with Crippen LogP contribution in [-0.2, 0) is 13.0 Å². The molecule has 4 nitrogen and oxygen atoms in total. The Morgan fingerprint density at radius 3 is 2.94 bits per heavy atom. The summed E-state index contributed by atoms with van der Waals surface area (Å²) in [5.74, 6) is 2.69. The van der Waals surface area contributed by atoms with Crippen molar-refractivity contribution in [2.24, 2.45) is 0 Å². The van der Waals surface area contributed by atoms with Crippen molar-refractivity contribution in [3.63, 3.8) is 0 Å². The fourth-order valence-electron chi connectivity index (χ4n) is 3.11. The van der Waals surface area contributed by atoms with E-state index >= 15 is 0 Å². The van der Waals surface area contributed by atoms with Gasteiger partial charge in [0.15, 0.2) is 0 Å². The van der Waals surface area contributed by atoms with Crippen LogP contribution in [0.3, 0.4) is 0 Å². The van der Waals surface area contributed by atoms with E-state index in [1.807, 2.05) is 0 Å². The summed E-state index contributed by atoms with van der Waals surface area (Å²) >= 11 is 0. The van der Waals surface area contributed by atoms with E-state index in [9.17, 15) is 0 Å². The van der Waals surface area contributed by atoms with Gasteiger partial charge in [-0.15, -0.1) is 10.2 Å². The normalized spacial score (nSPS) is 25.2. The van der Waals surface area contributed by atoms with Crippen molar-refractivity contribution >= 4 is 0 Å². The molecule has 0 saturated carbocycles. The first-order chi connectivity index (χ1) is 8.84. The third kappa shape index (κ3) is 1.29. The minimum atomic E-state index is 0.315. The zero-order valence-electron chi connectivity index (χ0n) is 10.4. The Balaban J connectivity index is 1.76. The van der Waals surface area contributed by atoms with Gasteiger partial charge in [0.2, 0.25) is 0 Å². The van der Waals surface area contributed by atoms with Gasteiger partial charge in [0, 0.05) is 19.0 Å². The Morgan fingerprint density at radius 1 is 1.22 bits per heavy atom. The maximum absolute atomic E-state index is 4.44. The molecule has 1 aliphatic carbocycles. The van der Waals surface area contributed by atoms with Crippen LogP contribution in [0.15, 0.2) is 24.3 Å². The first kappa shape index (κ1) is 10.3. The van der Waals surface area contributed by atoms with Crippen LogP contribution in [-0.4, -0.2) is 21.3 Å². The van der Waals surface area contributed by atoms with Gasteiger partial charge in [0.25, 0.3) is 0 Å². The molecule has 1 aromatic carbocycles. The van der Waals surface area contributed by atoms with Crippen molar-refractivity contribution in [1.82, 2.24) is 20.1 Å². The van der Waals surface area contributed by atoms with Crippen molar-refractivity contribution in [1.29, 1.82) is 0 Å². The smallest absolute Gasteiger partial charge is 0.149 e. The fourth-order valence-corrected chi connectivity index (χ4v) is 3.11. The summed E-state index contributed by atoms with van der Waals surface area (Å²) in [5.41, 5.74) is 2.89. The number of nitrogens with zero attached hydrogens (tertiary/aromatic N) is 3. The van der Waals surface area contributed by atoms with Crippen LogP contribution in [0.5, 0.6) is 0 Å². The summed E-state index contributed by atoms with van der Waals surface area (Å²) in [6, 6.07) is 8.97. The molecule has 92 valence electrons. The molecule has 2 heterocycles. The zero-order valence-corrected chi connectivity index (χ0v) is 10.4. The molecule has 0 spiro atoms. The second-order valence-electron chi connectivity index (χ2n) is 5.20. The molecule has 4 heteroatoms. The molecule has 0 amide bonds. The molecule has 1 aromatic heterocycles. The van der Waals surface area contributed by atoms with Gasteiger partial charge in [-0.25, -0.2) is 0 Å². The summed E-state index contributed by atoms with van der Waals surface area (Å²) in [5, 5.41) is 12.2. The highest BCUT2D eigenvalue weighted by Gasteiger charge is 2.33. The molecule has 0 radical (unpaired) electrons. The van der Waals surface area contributed by atoms with Crippen LogP contribution in [0.25, 0.3) is 0 Å². The molecule has 0 saturated heterocycles. The largest absolute Gasteiger partial charge is 0.312 e.